The third-order valence-electron chi connectivity index (χ3n) is 2.50. The summed E-state index contributed by atoms with van der Waals surface area (Å²) in [6.07, 6.45) is 2.79. The SMILES string of the molecule is CC(C)Cc1ccnc(-c2ccc(N)cc2)n1. The molecule has 3 heteroatoms. The van der Waals surface area contributed by atoms with Gasteiger partial charge in [0.2, 0.25) is 0 Å². The zero-order valence-corrected chi connectivity index (χ0v) is 10.2. The largest absolute Gasteiger partial charge is 0.399 e. The van der Waals surface area contributed by atoms with Crippen LogP contribution in [-0.2, 0) is 6.42 Å². The Balaban J connectivity index is 2.29. The first-order valence-electron chi connectivity index (χ1n) is 5.83. The van der Waals surface area contributed by atoms with Gasteiger partial charge in [-0.25, -0.2) is 9.97 Å². The summed E-state index contributed by atoms with van der Waals surface area (Å²) in [5.41, 5.74) is 8.51. The average Bonchev–Trinajstić information content (AvgIpc) is 2.29. The van der Waals surface area contributed by atoms with Gasteiger partial charge in [-0.1, -0.05) is 13.8 Å². The molecule has 0 amide bonds. The van der Waals surface area contributed by atoms with Crippen molar-refractivity contribution in [3.05, 3.63) is 42.2 Å². The third kappa shape index (κ3) is 3.03. The quantitative estimate of drug-likeness (QED) is 0.820. The maximum absolute atomic E-state index is 5.66. The molecule has 17 heavy (non-hydrogen) atoms. The smallest absolute Gasteiger partial charge is 0.159 e. The van der Waals surface area contributed by atoms with Crippen molar-refractivity contribution < 1.29 is 0 Å². The van der Waals surface area contributed by atoms with Crippen molar-refractivity contribution in [3.63, 3.8) is 0 Å². The summed E-state index contributed by atoms with van der Waals surface area (Å²) in [5, 5.41) is 0. The van der Waals surface area contributed by atoms with Crippen molar-refractivity contribution in [2.24, 2.45) is 5.92 Å². The van der Waals surface area contributed by atoms with Crippen LogP contribution in [0.5, 0.6) is 0 Å². The van der Waals surface area contributed by atoms with E-state index in [0.717, 1.165) is 29.2 Å². The van der Waals surface area contributed by atoms with Crippen LogP contribution >= 0.6 is 0 Å². The molecule has 0 aliphatic carbocycles. The van der Waals surface area contributed by atoms with Gasteiger partial charge in [-0.05, 0) is 42.7 Å². The van der Waals surface area contributed by atoms with Crippen LogP contribution in [0.25, 0.3) is 11.4 Å². The Morgan fingerprint density at radius 1 is 1.12 bits per heavy atom. The molecule has 3 nitrogen and oxygen atoms in total. The van der Waals surface area contributed by atoms with Crippen molar-refractivity contribution in [3.8, 4) is 11.4 Å². The van der Waals surface area contributed by atoms with E-state index < -0.39 is 0 Å². The summed E-state index contributed by atoms with van der Waals surface area (Å²) in [4.78, 5) is 8.86. The molecule has 2 aromatic rings. The molecule has 0 saturated heterocycles. The van der Waals surface area contributed by atoms with Crippen LogP contribution in [0.4, 0.5) is 5.69 Å². The van der Waals surface area contributed by atoms with E-state index in [9.17, 15) is 0 Å². The second-order valence-corrected chi connectivity index (χ2v) is 4.59. The Kier molecular flexibility index (Phi) is 3.38. The molecule has 0 spiro atoms. The van der Waals surface area contributed by atoms with Gasteiger partial charge < -0.3 is 5.73 Å². The van der Waals surface area contributed by atoms with Crippen LogP contribution < -0.4 is 5.73 Å². The van der Waals surface area contributed by atoms with E-state index in [0.29, 0.717) is 5.92 Å². The van der Waals surface area contributed by atoms with E-state index in [1.165, 1.54) is 0 Å². The van der Waals surface area contributed by atoms with Gasteiger partial charge in [0.05, 0.1) is 0 Å². The van der Waals surface area contributed by atoms with Gasteiger partial charge in [0.1, 0.15) is 0 Å². The molecule has 1 aromatic heterocycles. The Morgan fingerprint density at radius 3 is 2.47 bits per heavy atom. The van der Waals surface area contributed by atoms with Gasteiger partial charge in [-0.2, -0.15) is 0 Å². The second kappa shape index (κ2) is 4.95. The lowest BCUT2D eigenvalue weighted by atomic mass is 10.1. The van der Waals surface area contributed by atoms with E-state index in [1.807, 2.05) is 36.5 Å². The molecule has 0 bridgehead atoms. The topological polar surface area (TPSA) is 51.8 Å². The lowest BCUT2D eigenvalue weighted by Gasteiger charge is -2.06. The summed E-state index contributed by atoms with van der Waals surface area (Å²) in [7, 11) is 0. The van der Waals surface area contributed by atoms with Gasteiger partial charge in [-0.15, -0.1) is 0 Å². The van der Waals surface area contributed by atoms with Crippen molar-refractivity contribution in [1.82, 2.24) is 9.97 Å². The van der Waals surface area contributed by atoms with Crippen LogP contribution in [0.3, 0.4) is 0 Å². The lowest BCUT2D eigenvalue weighted by molar-refractivity contribution is 0.634. The minimum absolute atomic E-state index is 0.601. The molecule has 0 aliphatic heterocycles. The second-order valence-electron chi connectivity index (χ2n) is 4.59. The highest BCUT2D eigenvalue weighted by Crippen LogP contribution is 2.17. The number of benzene rings is 1. The number of anilines is 1. The van der Waals surface area contributed by atoms with Crippen molar-refractivity contribution >= 4 is 5.69 Å². The average molecular weight is 227 g/mol. The standard InChI is InChI=1S/C14H17N3/c1-10(2)9-13-7-8-16-14(17-13)11-3-5-12(15)6-4-11/h3-8,10H,9,15H2,1-2H3. The first-order chi connectivity index (χ1) is 8.15. The first-order valence-corrected chi connectivity index (χ1v) is 5.83. The zero-order valence-electron chi connectivity index (χ0n) is 10.2. The summed E-state index contributed by atoms with van der Waals surface area (Å²) in [6, 6.07) is 9.61. The molecule has 0 unspecified atom stereocenters. The number of nitrogens with two attached hydrogens (primary N) is 1. The minimum atomic E-state index is 0.601. The van der Waals surface area contributed by atoms with Gasteiger partial charge in [0.25, 0.3) is 0 Å². The monoisotopic (exact) mass is 227 g/mol. The van der Waals surface area contributed by atoms with E-state index in [4.69, 9.17) is 5.73 Å². The van der Waals surface area contributed by atoms with Crippen molar-refractivity contribution in [1.29, 1.82) is 0 Å². The summed E-state index contributed by atoms with van der Waals surface area (Å²) in [6.45, 7) is 4.37. The predicted molar refractivity (Wildman–Crippen MR) is 70.4 cm³/mol. The molecule has 0 radical (unpaired) electrons. The molecule has 0 saturated carbocycles. The minimum Gasteiger partial charge on any atom is -0.399 e. The molecular weight excluding hydrogens is 210 g/mol. The Morgan fingerprint density at radius 2 is 1.82 bits per heavy atom. The van der Waals surface area contributed by atoms with Gasteiger partial charge in [-0.3, -0.25) is 0 Å². The maximum atomic E-state index is 5.66. The predicted octanol–water partition coefficient (Wildman–Crippen LogP) is 2.92. The van der Waals surface area contributed by atoms with Crippen LogP contribution in [0.15, 0.2) is 36.5 Å². The number of nitrogen functional groups attached to an aromatic ring is 1. The summed E-state index contributed by atoms with van der Waals surface area (Å²) < 4.78 is 0. The fraction of sp³-hybridized carbons (Fsp3) is 0.286. The van der Waals surface area contributed by atoms with Gasteiger partial charge in [0, 0.05) is 23.1 Å². The van der Waals surface area contributed by atoms with Gasteiger partial charge in [0.15, 0.2) is 5.82 Å². The highest BCUT2D eigenvalue weighted by atomic mass is 14.9. The number of hydrogen-bond donors (Lipinski definition) is 1. The molecule has 2 N–H and O–H groups in total. The number of rotatable bonds is 3. The Hall–Kier alpha value is -1.90. The molecule has 0 atom stereocenters. The third-order valence-corrected chi connectivity index (χ3v) is 2.50. The lowest BCUT2D eigenvalue weighted by Crippen LogP contribution is -1.99. The number of nitrogens with zero attached hydrogens (tertiary/aromatic N) is 2. The van der Waals surface area contributed by atoms with Crippen LogP contribution in [0, 0.1) is 5.92 Å². The van der Waals surface area contributed by atoms with Crippen LogP contribution in [0.1, 0.15) is 19.5 Å². The molecule has 2 rings (SSSR count). The fourth-order valence-electron chi connectivity index (χ4n) is 1.70. The zero-order chi connectivity index (χ0) is 12.3. The highest BCUT2D eigenvalue weighted by Gasteiger charge is 2.04. The summed E-state index contributed by atoms with van der Waals surface area (Å²) in [5.74, 6) is 1.37. The number of hydrogen-bond acceptors (Lipinski definition) is 3. The van der Waals surface area contributed by atoms with E-state index in [1.54, 1.807) is 0 Å². The van der Waals surface area contributed by atoms with Crippen molar-refractivity contribution in [2.75, 3.05) is 5.73 Å². The fourth-order valence-corrected chi connectivity index (χ4v) is 1.70. The van der Waals surface area contributed by atoms with Gasteiger partial charge >= 0.3 is 0 Å². The number of aromatic nitrogens is 2. The Labute approximate surface area is 102 Å². The van der Waals surface area contributed by atoms with Crippen molar-refractivity contribution in [2.45, 2.75) is 20.3 Å². The summed E-state index contributed by atoms with van der Waals surface area (Å²) >= 11 is 0. The first kappa shape index (κ1) is 11.6. The Bertz CT molecular complexity index is 489. The molecular formula is C14H17N3. The van der Waals surface area contributed by atoms with E-state index in [-0.39, 0.29) is 0 Å². The van der Waals surface area contributed by atoms with Crippen LogP contribution in [-0.4, -0.2) is 9.97 Å². The maximum Gasteiger partial charge on any atom is 0.159 e. The molecule has 1 aromatic carbocycles. The van der Waals surface area contributed by atoms with E-state index in [2.05, 4.69) is 23.8 Å². The van der Waals surface area contributed by atoms with E-state index >= 15 is 0 Å². The highest BCUT2D eigenvalue weighted by molar-refractivity contribution is 5.58. The molecule has 0 fully saturated rings. The molecule has 88 valence electrons. The molecule has 1 heterocycles. The molecule has 0 aliphatic rings. The normalized spacial score (nSPS) is 10.8. The van der Waals surface area contributed by atoms with Crippen LogP contribution in [0.2, 0.25) is 0 Å².